The number of nitrogens with one attached hydrogen (secondary N) is 1. The molecule has 2 heterocycles. The number of nitrogens with zero attached hydrogens (tertiary/aromatic N) is 2. The fourth-order valence-electron chi connectivity index (χ4n) is 5.24. The van der Waals surface area contributed by atoms with Crippen LogP contribution in [0.1, 0.15) is 17.5 Å². The van der Waals surface area contributed by atoms with Crippen LogP contribution in [0.2, 0.25) is 0 Å². The molecule has 1 saturated heterocycles. The van der Waals surface area contributed by atoms with Crippen molar-refractivity contribution in [3.63, 3.8) is 0 Å². The fourth-order valence-corrected chi connectivity index (χ4v) is 5.24. The van der Waals surface area contributed by atoms with Crippen molar-refractivity contribution in [3.8, 4) is 17.1 Å². The molecular weight excluding hydrogens is 490 g/mol. The largest absolute Gasteiger partial charge is 0.495 e. The topological polar surface area (TPSA) is 75.0 Å². The first-order chi connectivity index (χ1) is 19.0. The minimum atomic E-state index is -0.0759. The van der Waals surface area contributed by atoms with E-state index < -0.39 is 0 Å². The number of anilines is 1. The summed E-state index contributed by atoms with van der Waals surface area (Å²) >= 11 is 0. The Morgan fingerprint density at radius 2 is 1.69 bits per heavy atom. The Hall–Kier alpha value is -4.10. The van der Waals surface area contributed by atoms with E-state index in [2.05, 4.69) is 21.2 Å². The summed E-state index contributed by atoms with van der Waals surface area (Å²) < 4.78 is 11.8. The molecule has 0 aliphatic carbocycles. The molecule has 202 valence electrons. The van der Waals surface area contributed by atoms with E-state index in [-0.39, 0.29) is 17.8 Å². The Balaban J connectivity index is 1.15. The first kappa shape index (κ1) is 26.5. The van der Waals surface area contributed by atoms with Crippen molar-refractivity contribution in [2.24, 2.45) is 0 Å². The van der Waals surface area contributed by atoms with E-state index in [0.29, 0.717) is 34.4 Å². The molecule has 5 rings (SSSR count). The number of amides is 1. The number of carbonyl (C=O) groups is 1. The first-order valence-corrected chi connectivity index (χ1v) is 13.5. The van der Waals surface area contributed by atoms with Crippen LogP contribution < -0.4 is 20.4 Å². The lowest BCUT2D eigenvalue weighted by Gasteiger charge is -2.36. The molecule has 1 aliphatic heterocycles. The summed E-state index contributed by atoms with van der Waals surface area (Å²) in [6, 6.07) is 23.2. The molecule has 1 fully saturated rings. The fraction of sp³-hybridized carbons (Fsp3) is 0.312. The predicted octanol–water partition coefficient (Wildman–Crippen LogP) is 4.65. The normalized spacial score (nSPS) is 13.9. The van der Waals surface area contributed by atoms with Gasteiger partial charge in [-0.1, -0.05) is 54.6 Å². The van der Waals surface area contributed by atoms with E-state index in [1.165, 1.54) is 0 Å². The van der Waals surface area contributed by atoms with Gasteiger partial charge in [0.25, 0.3) is 0 Å². The molecule has 0 unspecified atom stereocenters. The van der Waals surface area contributed by atoms with Crippen molar-refractivity contribution in [1.29, 1.82) is 0 Å². The summed E-state index contributed by atoms with van der Waals surface area (Å²) in [5.74, 6) is 1.38. The van der Waals surface area contributed by atoms with Gasteiger partial charge in [0.15, 0.2) is 5.43 Å². The number of methoxy groups -OCH3 is 1. The zero-order valence-electron chi connectivity index (χ0n) is 22.6. The van der Waals surface area contributed by atoms with E-state index in [1.54, 1.807) is 20.1 Å². The highest BCUT2D eigenvalue weighted by molar-refractivity contribution is 5.88. The van der Waals surface area contributed by atoms with Gasteiger partial charge in [-0.3, -0.25) is 14.5 Å². The van der Waals surface area contributed by atoms with E-state index >= 15 is 0 Å². The summed E-state index contributed by atoms with van der Waals surface area (Å²) in [6.45, 7) is 7.17. The summed E-state index contributed by atoms with van der Waals surface area (Å²) in [7, 11) is 1.71. The van der Waals surface area contributed by atoms with Gasteiger partial charge in [-0.2, -0.15) is 0 Å². The van der Waals surface area contributed by atoms with Gasteiger partial charge >= 0.3 is 0 Å². The van der Waals surface area contributed by atoms with Crippen molar-refractivity contribution in [2.75, 3.05) is 51.3 Å². The summed E-state index contributed by atoms with van der Waals surface area (Å²) in [5, 5.41) is 3.55. The number of benzene rings is 3. The van der Waals surface area contributed by atoms with E-state index in [1.807, 2.05) is 60.7 Å². The van der Waals surface area contributed by atoms with Crippen molar-refractivity contribution >= 4 is 22.6 Å². The molecule has 1 aliphatic rings. The molecular formula is C32H35N3O4. The molecule has 39 heavy (non-hydrogen) atoms. The van der Waals surface area contributed by atoms with Crippen LogP contribution in [0.25, 0.3) is 22.3 Å². The Kier molecular flexibility index (Phi) is 8.27. The number of hydrogen-bond acceptors (Lipinski definition) is 6. The quantitative estimate of drug-likeness (QED) is 0.321. The second kappa shape index (κ2) is 12.2. The first-order valence-electron chi connectivity index (χ1n) is 13.5. The van der Waals surface area contributed by atoms with Crippen LogP contribution >= 0.6 is 0 Å². The van der Waals surface area contributed by atoms with Crippen LogP contribution in [-0.2, 0) is 11.2 Å². The second-order valence-electron chi connectivity index (χ2n) is 9.93. The minimum Gasteiger partial charge on any atom is -0.495 e. The van der Waals surface area contributed by atoms with Gasteiger partial charge in [0.1, 0.15) is 17.1 Å². The van der Waals surface area contributed by atoms with Gasteiger partial charge in [-0.05, 0) is 38.1 Å². The lowest BCUT2D eigenvalue weighted by Crippen LogP contribution is -2.47. The molecule has 7 heteroatoms. The summed E-state index contributed by atoms with van der Waals surface area (Å²) in [5.41, 5.74) is 3.68. The predicted molar refractivity (Wildman–Crippen MR) is 156 cm³/mol. The van der Waals surface area contributed by atoms with Crippen molar-refractivity contribution in [3.05, 3.63) is 94.1 Å². The Bertz CT molecular complexity index is 1490. The molecule has 4 aromatic rings. The number of rotatable bonds is 9. The molecule has 1 amide bonds. The van der Waals surface area contributed by atoms with Gasteiger partial charge in [0.2, 0.25) is 5.91 Å². The molecule has 0 bridgehead atoms. The smallest absolute Gasteiger partial charge is 0.224 e. The number of para-hydroxylation sites is 3. The van der Waals surface area contributed by atoms with Gasteiger partial charge in [0, 0.05) is 49.4 Å². The zero-order chi connectivity index (χ0) is 27.2. The maximum absolute atomic E-state index is 13.1. The van der Waals surface area contributed by atoms with Crippen molar-refractivity contribution < 1.29 is 13.9 Å². The maximum Gasteiger partial charge on any atom is 0.224 e. The molecule has 1 N–H and O–H groups in total. The molecule has 1 aromatic heterocycles. The number of carbonyl (C=O) groups excluding carboxylic acids is 1. The van der Waals surface area contributed by atoms with E-state index in [9.17, 15) is 9.59 Å². The Morgan fingerprint density at radius 1 is 0.949 bits per heavy atom. The lowest BCUT2D eigenvalue weighted by atomic mass is 10.0. The molecule has 0 radical (unpaired) electrons. The third-order valence-corrected chi connectivity index (χ3v) is 7.38. The monoisotopic (exact) mass is 525 g/mol. The van der Waals surface area contributed by atoms with Gasteiger partial charge in [0.05, 0.1) is 24.6 Å². The van der Waals surface area contributed by atoms with Gasteiger partial charge in [-0.15, -0.1) is 0 Å². The lowest BCUT2D eigenvalue weighted by molar-refractivity contribution is -0.120. The van der Waals surface area contributed by atoms with E-state index in [0.717, 1.165) is 56.1 Å². The number of piperazine rings is 1. The van der Waals surface area contributed by atoms with Crippen molar-refractivity contribution in [2.45, 2.75) is 19.8 Å². The Labute approximate surface area is 229 Å². The second-order valence-corrected chi connectivity index (χ2v) is 9.93. The van der Waals surface area contributed by atoms with Crippen LogP contribution in [0.4, 0.5) is 5.69 Å². The third-order valence-electron chi connectivity index (χ3n) is 7.38. The Morgan fingerprint density at radius 3 is 2.46 bits per heavy atom. The van der Waals surface area contributed by atoms with Crippen molar-refractivity contribution in [1.82, 2.24) is 10.2 Å². The zero-order valence-corrected chi connectivity index (χ0v) is 22.6. The van der Waals surface area contributed by atoms with Gasteiger partial charge < -0.3 is 19.4 Å². The molecule has 3 aromatic carbocycles. The summed E-state index contributed by atoms with van der Waals surface area (Å²) in [4.78, 5) is 30.7. The SMILES string of the molecule is COc1ccccc1N1CCN(CCCNC(=O)Cc2cccc3c(=O)c(C)c(-c4ccccc4)oc23)CC1. The highest BCUT2D eigenvalue weighted by atomic mass is 16.5. The summed E-state index contributed by atoms with van der Waals surface area (Å²) in [6.07, 6.45) is 1.04. The number of fused-ring (bicyclic) bond motifs is 1. The molecule has 0 saturated carbocycles. The molecule has 7 nitrogen and oxygen atoms in total. The van der Waals surface area contributed by atoms with Crippen LogP contribution in [-0.4, -0.2) is 57.2 Å². The number of ether oxygens (including phenoxy) is 1. The standard InChI is InChI=1S/C32H35N3O4/c1-23-30(37)26-13-8-12-25(32(26)39-31(23)24-10-4-3-5-11-24)22-29(36)33-16-9-17-34-18-20-35(21-19-34)27-14-6-7-15-28(27)38-2/h3-8,10-15H,9,16-22H2,1-2H3,(H,33,36). The highest BCUT2D eigenvalue weighted by Crippen LogP contribution is 2.29. The van der Waals surface area contributed by atoms with Crippen LogP contribution in [0, 0.1) is 6.92 Å². The minimum absolute atomic E-state index is 0.0665. The van der Waals surface area contributed by atoms with Crippen LogP contribution in [0.15, 0.2) is 82.0 Å². The third kappa shape index (κ3) is 5.99. The average molecular weight is 526 g/mol. The van der Waals surface area contributed by atoms with Crippen LogP contribution in [0.5, 0.6) is 5.75 Å². The van der Waals surface area contributed by atoms with E-state index in [4.69, 9.17) is 9.15 Å². The number of hydrogen-bond donors (Lipinski definition) is 1. The maximum atomic E-state index is 13.1. The average Bonchev–Trinajstić information content (AvgIpc) is 2.98. The van der Waals surface area contributed by atoms with Gasteiger partial charge in [-0.25, -0.2) is 0 Å². The molecule has 0 atom stereocenters. The molecule has 0 spiro atoms. The van der Waals surface area contributed by atoms with Crippen LogP contribution in [0.3, 0.4) is 0 Å². The highest BCUT2D eigenvalue weighted by Gasteiger charge is 2.20.